The molecule has 0 aliphatic rings. The Bertz CT molecular complexity index is 3300. The van der Waals surface area contributed by atoms with Crippen LogP contribution in [0, 0.1) is 13.8 Å². The molecule has 46 heteroatoms. The molecule has 4 aromatic heterocycles. The van der Waals surface area contributed by atoms with Crippen LogP contribution in [-0.2, 0) is 43.7 Å². The number of nitrogens with zero attached hydrogens (tertiary/aromatic N) is 15. The summed E-state index contributed by atoms with van der Waals surface area (Å²) in [6.45, 7) is 3.28. The Morgan fingerprint density at radius 3 is 1.30 bits per heavy atom. The van der Waals surface area contributed by atoms with Crippen molar-refractivity contribution in [3.05, 3.63) is 60.2 Å². The predicted molar refractivity (Wildman–Crippen MR) is 299 cm³/mol. The number of aliphatic hydroxyl groups excluding tert-OH is 3. The van der Waals surface area contributed by atoms with E-state index in [4.69, 9.17) is 9.84 Å². The second-order valence-electron chi connectivity index (χ2n) is 15.8. The van der Waals surface area contributed by atoms with Crippen molar-refractivity contribution in [2.75, 3.05) is 131 Å². The topological polar surface area (TPSA) is 534 Å². The summed E-state index contributed by atoms with van der Waals surface area (Å²) in [5, 5.41) is 74.3. The molecule has 6 aromatic rings. The van der Waals surface area contributed by atoms with Crippen molar-refractivity contribution < 1.29 is 193 Å². The predicted octanol–water partition coefficient (Wildman–Crippen LogP) is -13.0. The first-order chi connectivity index (χ1) is 40.4. The maximum absolute atomic E-state index is 11.0. The quantitative estimate of drug-likeness (QED) is 0.00329. The number of hydrogen-bond acceptors (Lipinski definition) is 40. The standard InChI is InChI=1S/2C21H29N11O8S2.4Na/c1-14-24-17(22-5-11-41-40-39-35)28-19(25-14)26-15-3-2-4-16(13-15)27-20-29-18(23-6-12-42(36,37)38)30-21(31-20)32(7-9-33)8-10-34;1-14-25-17(23-6-11-41-40-39-34)30-20(26-14)27-15-3-2-4-16(13-15)28-21-31-18(22-5-9-38-10-8-33)29-19(32-21)24-7-12-42(35,36)37;;;;/h2-5,13,33-35H,6-12H2,1H3,(H,36,37,38)(H,24,25,26,28)(H2,23,27,29,30,31);2-4,6,13,33-34H,5,7-12H2,1H3,(H,35,36,37)(H,25,26,27,30)(H3,22,24,28,29,31,32);;;;/q;;4*+1/p-4. The largest absolute Gasteiger partial charge is 1.00 e. The second-order valence-corrected chi connectivity index (χ2v) is 20.3. The van der Waals surface area contributed by atoms with Gasteiger partial charge in [-0.1, -0.05) is 12.1 Å². The molecule has 0 saturated heterocycles. The van der Waals surface area contributed by atoms with Crippen LogP contribution in [0.25, 0.3) is 0 Å². The zero-order chi connectivity index (χ0) is 60.6. The molecule has 0 unspecified atom stereocenters. The monoisotopic (exact) mass is 1340 g/mol. The maximum atomic E-state index is 11.0. The molecule has 88 heavy (non-hydrogen) atoms. The fourth-order valence-electron chi connectivity index (χ4n) is 6.18. The molecule has 0 saturated carbocycles. The number of ether oxygens (including phenoxy) is 1. The van der Waals surface area contributed by atoms with Gasteiger partial charge in [0.05, 0.1) is 76.3 Å². The number of hydrogen-bond donors (Lipinski definition) is 10. The summed E-state index contributed by atoms with van der Waals surface area (Å²) in [7, 11) is -8.90. The average molecular weight is 1340 g/mol. The van der Waals surface area contributed by atoms with Crippen molar-refractivity contribution >= 4 is 139 Å². The minimum atomic E-state index is -4.47. The van der Waals surface area contributed by atoms with E-state index in [1.807, 2.05) is 0 Å². The Kier molecular flexibility index (Phi) is 42.7. The Morgan fingerprint density at radius 1 is 0.523 bits per heavy atom. The molecule has 6 rings (SSSR count). The number of aryl methyl sites for hydroxylation is 2. The van der Waals surface area contributed by atoms with Crippen molar-refractivity contribution in [1.29, 1.82) is 0 Å². The summed E-state index contributed by atoms with van der Waals surface area (Å²) in [5.74, 6) is 1.05. The fourth-order valence-corrected chi connectivity index (χ4v) is 7.35. The van der Waals surface area contributed by atoms with E-state index in [9.17, 15) is 46.7 Å². The third-order valence-electron chi connectivity index (χ3n) is 9.39. The number of nitrogens with one attached hydrogen (secondary N) is 7. The van der Waals surface area contributed by atoms with Crippen LogP contribution in [0.4, 0.5) is 82.2 Å². The van der Waals surface area contributed by atoms with Gasteiger partial charge in [0.25, 0.3) is 11.9 Å². The SMILES string of the molecule is Cc1nc(N=CCSOO[O-])nc(Nc2cccc(Nc3nc(NCCOCCO)nc(NCCS(=O)(=O)[O-])n3)c2)n1.Cc1nc(N=CCSOO[O-])nc(Nc2cccc(Nc3nc(NCCS(=O)(=O)[O-])nc(N(CCO)CCO)n3)c2)n1.[Na+].[Na+].[Na+].[Na+]. The van der Waals surface area contributed by atoms with E-state index in [2.05, 4.69) is 126 Å². The van der Waals surface area contributed by atoms with Gasteiger partial charge in [0.2, 0.25) is 47.6 Å². The first kappa shape index (κ1) is 82.4. The summed E-state index contributed by atoms with van der Waals surface area (Å²) in [6, 6.07) is 13.9. The van der Waals surface area contributed by atoms with Crippen molar-refractivity contribution in [2.45, 2.75) is 13.8 Å². The van der Waals surface area contributed by atoms with Gasteiger partial charge in [-0.2, -0.15) is 68.5 Å². The second kappa shape index (κ2) is 45.6. The third kappa shape index (κ3) is 34.7. The van der Waals surface area contributed by atoms with Crippen LogP contribution >= 0.6 is 24.1 Å². The molecule has 0 radical (unpaired) electrons. The Hall–Kier alpha value is -3.66. The van der Waals surface area contributed by atoms with Gasteiger partial charge in [0, 0.05) is 92.0 Å². The van der Waals surface area contributed by atoms with Gasteiger partial charge in [-0.15, -0.1) is 0 Å². The average Bonchev–Trinajstić information content (AvgIpc) is 3.64. The first-order valence-electron chi connectivity index (χ1n) is 24.1. The Morgan fingerprint density at radius 2 is 0.898 bits per heavy atom. The minimum absolute atomic E-state index is 0. The van der Waals surface area contributed by atoms with Crippen LogP contribution in [0.5, 0.6) is 0 Å². The van der Waals surface area contributed by atoms with E-state index in [0.717, 1.165) is 24.1 Å². The van der Waals surface area contributed by atoms with Crippen LogP contribution in [0.2, 0.25) is 0 Å². The van der Waals surface area contributed by atoms with Crippen LogP contribution in [-0.4, -0.2) is 202 Å². The number of aliphatic imine (C=N–C) groups is 2. The smallest absolute Gasteiger partial charge is 0.748 e. The summed E-state index contributed by atoms with van der Waals surface area (Å²) < 4.78 is 79.3. The Balaban J connectivity index is 0.000000842. The van der Waals surface area contributed by atoms with Gasteiger partial charge in [-0.25, -0.2) is 26.8 Å². The van der Waals surface area contributed by atoms with Crippen molar-refractivity contribution in [1.82, 2.24) is 59.8 Å². The normalized spacial score (nSPS) is 11.0. The number of anilines is 12. The summed E-state index contributed by atoms with van der Waals surface area (Å²) in [4.78, 5) is 60.5. The van der Waals surface area contributed by atoms with E-state index in [1.165, 1.54) is 17.3 Å². The third-order valence-corrected chi connectivity index (χ3v) is 11.7. The Labute approximate surface area is 600 Å². The first-order valence-corrected chi connectivity index (χ1v) is 29.1. The van der Waals surface area contributed by atoms with Gasteiger partial charge in [0.1, 0.15) is 11.6 Å². The number of rotatable bonds is 37. The molecule has 456 valence electrons. The van der Waals surface area contributed by atoms with Gasteiger partial charge in [0.15, 0.2) is 0 Å². The van der Waals surface area contributed by atoms with Crippen LogP contribution in [0.3, 0.4) is 0 Å². The van der Waals surface area contributed by atoms with E-state index < -0.39 is 31.7 Å². The van der Waals surface area contributed by atoms with Crippen molar-refractivity contribution in [2.24, 2.45) is 9.98 Å². The summed E-state index contributed by atoms with van der Waals surface area (Å²) >= 11 is 1.49. The number of aliphatic hydroxyl groups is 3. The number of benzene rings is 2. The number of aromatic nitrogens is 12. The molecule has 0 amide bonds. The van der Waals surface area contributed by atoms with Crippen LogP contribution in [0.15, 0.2) is 58.5 Å². The van der Waals surface area contributed by atoms with Crippen molar-refractivity contribution in [3.8, 4) is 0 Å². The van der Waals surface area contributed by atoms with E-state index in [0.29, 0.717) is 40.9 Å². The van der Waals surface area contributed by atoms with E-state index in [-0.39, 0.29) is 248 Å². The van der Waals surface area contributed by atoms with Gasteiger partial charge in [-0.05, 0) is 50.2 Å². The van der Waals surface area contributed by atoms with Crippen LogP contribution in [0.1, 0.15) is 11.6 Å². The molecule has 0 fully saturated rings. The zero-order valence-electron chi connectivity index (χ0n) is 48.2. The van der Waals surface area contributed by atoms with Crippen molar-refractivity contribution in [3.63, 3.8) is 0 Å². The van der Waals surface area contributed by atoms with E-state index >= 15 is 0 Å². The minimum Gasteiger partial charge on any atom is -0.748 e. The molecular weight excluding hydrogens is 1290 g/mol. The molecule has 10 N–H and O–H groups in total. The molecular formula is C42H54N22Na4O16S4. The molecule has 2 aromatic carbocycles. The molecule has 4 heterocycles. The molecule has 38 nitrogen and oxygen atoms in total. The van der Waals surface area contributed by atoms with Gasteiger partial charge >= 0.3 is 118 Å². The van der Waals surface area contributed by atoms with Gasteiger partial charge in [-0.3, -0.25) is 10.1 Å². The molecule has 0 aliphatic heterocycles. The van der Waals surface area contributed by atoms with Gasteiger partial charge < -0.3 is 81.8 Å². The summed E-state index contributed by atoms with van der Waals surface area (Å²) in [6.07, 6.45) is 2.87. The maximum Gasteiger partial charge on any atom is 1.00 e. The van der Waals surface area contributed by atoms with E-state index in [1.54, 1.807) is 62.4 Å². The fraction of sp³-hybridized carbons (Fsp3) is 0.381. The molecule has 0 atom stereocenters. The zero-order valence-corrected chi connectivity index (χ0v) is 59.4. The van der Waals surface area contributed by atoms with Crippen LogP contribution < -0.4 is 171 Å². The summed E-state index contributed by atoms with van der Waals surface area (Å²) in [5.41, 5.74) is 2.28. The molecule has 0 spiro atoms. The molecule has 0 bridgehead atoms. The molecule has 0 aliphatic carbocycles.